The first-order valence-electron chi connectivity index (χ1n) is 7.39. The van der Waals surface area contributed by atoms with Crippen LogP contribution in [0.25, 0.3) is 0 Å². The lowest BCUT2D eigenvalue weighted by molar-refractivity contribution is 0.359. The molecule has 0 aromatic rings. The Kier molecular flexibility index (Phi) is 5.23. The van der Waals surface area contributed by atoms with Gasteiger partial charge in [-0.1, -0.05) is 5.57 Å². The van der Waals surface area contributed by atoms with E-state index in [9.17, 15) is 0 Å². The molecule has 0 radical (unpaired) electrons. The van der Waals surface area contributed by atoms with Crippen LogP contribution in [-0.4, -0.2) is 19.0 Å². The van der Waals surface area contributed by atoms with Gasteiger partial charge in [-0.2, -0.15) is 10.5 Å². The molecule has 1 aliphatic carbocycles. The van der Waals surface area contributed by atoms with Crippen molar-refractivity contribution in [1.29, 1.82) is 10.5 Å². The van der Waals surface area contributed by atoms with Crippen molar-refractivity contribution in [3.8, 4) is 12.1 Å². The molecule has 0 amide bonds. The first-order chi connectivity index (χ1) is 11.1. The highest BCUT2D eigenvalue weighted by molar-refractivity contribution is 5.56. The zero-order valence-corrected chi connectivity index (χ0v) is 13.6. The zero-order chi connectivity index (χ0) is 16.8. The van der Waals surface area contributed by atoms with Crippen molar-refractivity contribution in [3.63, 3.8) is 0 Å². The summed E-state index contributed by atoms with van der Waals surface area (Å²) < 4.78 is 5.44. The van der Waals surface area contributed by atoms with E-state index in [1.807, 2.05) is 68.4 Å². The minimum absolute atomic E-state index is 0.176. The van der Waals surface area contributed by atoms with Crippen molar-refractivity contribution in [1.82, 2.24) is 4.90 Å². The summed E-state index contributed by atoms with van der Waals surface area (Å²) >= 11 is 0. The molecule has 0 fully saturated rings. The van der Waals surface area contributed by atoms with Gasteiger partial charge in [0.25, 0.3) is 0 Å². The molecule has 0 saturated heterocycles. The van der Waals surface area contributed by atoms with Crippen LogP contribution in [-0.2, 0) is 4.74 Å². The molecule has 0 spiro atoms. The van der Waals surface area contributed by atoms with Gasteiger partial charge >= 0.3 is 0 Å². The van der Waals surface area contributed by atoms with E-state index >= 15 is 0 Å². The van der Waals surface area contributed by atoms with Crippen molar-refractivity contribution in [2.45, 2.75) is 19.8 Å². The first kappa shape index (κ1) is 16.4. The van der Waals surface area contributed by atoms with Crippen LogP contribution in [0.2, 0.25) is 0 Å². The summed E-state index contributed by atoms with van der Waals surface area (Å²) in [5.41, 5.74) is 4.14. The van der Waals surface area contributed by atoms with Crippen molar-refractivity contribution >= 4 is 0 Å². The molecule has 0 atom stereocenters. The third kappa shape index (κ3) is 3.81. The molecule has 2 aliphatic rings. The van der Waals surface area contributed by atoms with Gasteiger partial charge in [0.05, 0.1) is 6.26 Å². The van der Waals surface area contributed by atoms with Crippen LogP contribution in [0.1, 0.15) is 19.8 Å². The molecule has 2 rings (SSSR count). The SMILES string of the molecule is CC1=C(C=CC2=CCC=CO2)C(N(C)C)=CC(=C(C#N)C#N)C1. The Morgan fingerprint density at radius 1 is 1.26 bits per heavy atom. The molecule has 0 bridgehead atoms. The lowest BCUT2D eigenvalue weighted by Crippen LogP contribution is -2.16. The standard InChI is InChI=1S/C19H19N3O/c1-14-10-15(16(12-20)13-21)11-19(22(2)3)18(14)8-7-17-6-4-5-9-23-17/h5-9,11H,4,10H2,1-3H3. The highest BCUT2D eigenvalue weighted by atomic mass is 16.5. The fourth-order valence-corrected chi connectivity index (χ4v) is 2.51. The van der Waals surface area contributed by atoms with E-state index < -0.39 is 0 Å². The van der Waals surface area contributed by atoms with Gasteiger partial charge in [-0.15, -0.1) is 0 Å². The van der Waals surface area contributed by atoms with Gasteiger partial charge in [0.15, 0.2) is 0 Å². The topological polar surface area (TPSA) is 60.0 Å². The van der Waals surface area contributed by atoms with E-state index in [2.05, 4.69) is 0 Å². The molecule has 1 heterocycles. The largest absolute Gasteiger partial charge is 0.466 e. The second-order valence-corrected chi connectivity index (χ2v) is 5.58. The van der Waals surface area contributed by atoms with E-state index in [1.165, 1.54) is 0 Å². The molecule has 4 heteroatoms. The number of nitriles is 2. The van der Waals surface area contributed by atoms with Crippen LogP contribution < -0.4 is 0 Å². The van der Waals surface area contributed by atoms with E-state index in [0.29, 0.717) is 6.42 Å². The molecule has 4 nitrogen and oxygen atoms in total. The fourth-order valence-electron chi connectivity index (χ4n) is 2.51. The summed E-state index contributed by atoms with van der Waals surface area (Å²) in [7, 11) is 3.90. The summed E-state index contributed by atoms with van der Waals surface area (Å²) in [5.74, 6) is 0.821. The van der Waals surface area contributed by atoms with Gasteiger partial charge < -0.3 is 9.64 Å². The van der Waals surface area contributed by atoms with E-state index in [4.69, 9.17) is 15.3 Å². The minimum atomic E-state index is 0.176. The summed E-state index contributed by atoms with van der Waals surface area (Å²) in [4.78, 5) is 1.99. The van der Waals surface area contributed by atoms with Crippen molar-refractivity contribution in [2.24, 2.45) is 0 Å². The van der Waals surface area contributed by atoms with E-state index in [1.54, 1.807) is 6.26 Å². The molecule has 0 aromatic carbocycles. The van der Waals surface area contributed by atoms with E-state index in [0.717, 1.165) is 34.6 Å². The average Bonchev–Trinajstić information content (AvgIpc) is 2.55. The number of hydrogen-bond acceptors (Lipinski definition) is 4. The number of likely N-dealkylation sites (N-methyl/N-ethyl adjacent to an activating group) is 1. The molecule has 23 heavy (non-hydrogen) atoms. The summed E-state index contributed by atoms with van der Waals surface area (Å²) in [6.07, 6.45) is 13.0. The summed E-state index contributed by atoms with van der Waals surface area (Å²) in [5, 5.41) is 18.2. The summed E-state index contributed by atoms with van der Waals surface area (Å²) in [6, 6.07) is 3.96. The minimum Gasteiger partial charge on any atom is -0.466 e. The molecular weight excluding hydrogens is 286 g/mol. The maximum Gasteiger partial charge on any atom is 0.133 e. The Labute approximate surface area is 137 Å². The van der Waals surface area contributed by atoms with Crippen LogP contribution in [0.3, 0.4) is 0 Å². The Hall–Kier alpha value is -2.98. The van der Waals surface area contributed by atoms with Gasteiger partial charge in [-0.3, -0.25) is 0 Å². The molecule has 0 N–H and O–H groups in total. The Bertz CT molecular complexity index is 743. The van der Waals surface area contributed by atoms with Gasteiger partial charge in [-0.25, -0.2) is 0 Å². The maximum atomic E-state index is 9.10. The molecule has 116 valence electrons. The Morgan fingerprint density at radius 3 is 2.57 bits per heavy atom. The van der Waals surface area contributed by atoms with Crippen LogP contribution in [0.15, 0.2) is 70.4 Å². The second kappa shape index (κ2) is 7.33. The number of ether oxygens (including phenoxy) is 1. The third-order valence-electron chi connectivity index (χ3n) is 3.70. The predicted molar refractivity (Wildman–Crippen MR) is 89.4 cm³/mol. The monoisotopic (exact) mass is 305 g/mol. The second-order valence-electron chi connectivity index (χ2n) is 5.58. The summed E-state index contributed by atoms with van der Waals surface area (Å²) in [6.45, 7) is 2.03. The van der Waals surface area contributed by atoms with E-state index in [-0.39, 0.29) is 5.57 Å². The number of nitrogens with zero attached hydrogens (tertiary/aromatic N) is 3. The highest BCUT2D eigenvalue weighted by Gasteiger charge is 2.18. The van der Waals surface area contributed by atoms with Gasteiger partial charge in [-0.05, 0) is 61.3 Å². The van der Waals surface area contributed by atoms with Gasteiger partial charge in [0.1, 0.15) is 23.5 Å². The van der Waals surface area contributed by atoms with Gasteiger partial charge in [0, 0.05) is 19.8 Å². The molecule has 0 aromatic heterocycles. The Balaban J connectivity index is 2.38. The average molecular weight is 305 g/mol. The zero-order valence-electron chi connectivity index (χ0n) is 13.6. The van der Waals surface area contributed by atoms with Crippen LogP contribution >= 0.6 is 0 Å². The number of rotatable bonds is 3. The van der Waals surface area contributed by atoms with Crippen LogP contribution in [0, 0.1) is 22.7 Å². The smallest absolute Gasteiger partial charge is 0.133 e. The quantitative estimate of drug-likeness (QED) is 0.743. The lowest BCUT2D eigenvalue weighted by Gasteiger charge is -2.25. The van der Waals surface area contributed by atoms with Crippen molar-refractivity contribution in [3.05, 3.63) is 70.4 Å². The molecule has 0 unspecified atom stereocenters. The first-order valence-corrected chi connectivity index (χ1v) is 7.39. The fraction of sp³-hybridized carbons (Fsp3) is 0.263. The van der Waals surface area contributed by atoms with Crippen molar-refractivity contribution in [2.75, 3.05) is 14.1 Å². The predicted octanol–water partition coefficient (Wildman–Crippen LogP) is 3.87. The normalized spacial score (nSPS) is 17.2. The maximum absolute atomic E-state index is 9.10. The molecule has 0 saturated carbocycles. The third-order valence-corrected chi connectivity index (χ3v) is 3.70. The highest BCUT2D eigenvalue weighted by Crippen LogP contribution is 2.32. The number of allylic oxidation sites excluding steroid dienone is 8. The van der Waals surface area contributed by atoms with Crippen LogP contribution in [0.4, 0.5) is 0 Å². The molecular formula is C19H19N3O. The Morgan fingerprint density at radius 2 is 2.00 bits per heavy atom. The number of hydrogen-bond donors (Lipinski definition) is 0. The van der Waals surface area contributed by atoms with Crippen LogP contribution in [0.5, 0.6) is 0 Å². The lowest BCUT2D eigenvalue weighted by atomic mass is 9.89. The van der Waals surface area contributed by atoms with Crippen molar-refractivity contribution < 1.29 is 4.74 Å². The molecule has 1 aliphatic heterocycles. The van der Waals surface area contributed by atoms with Gasteiger partial charge in [0.2, 0.25) is 0 Å².